The van der Waals surface area contributed by atoms with Gasteiger partial charge in [0.15, 0.2) is 0 Å². The average molecular weight is 236 g/mol. The van der Waals surface area contributed by atoms with Crippen molar-refractivity contribution in [2.75, 3.05) is 6.61 Å². The van der Waals surface area contributed by atoms with E-state index >= 15 is 0 Å². The predicted molar refractivity (Wildman–Crippen MR) is 69.2 cm³/mol. The topological polar surface area (TPSA) is 27.1 Å². The molecule has 3 nitrogen and oxygen atoms in total. The van der Waals surface area contributed by atoms with Crippen molar-refractivity contribution in [3.63, 3.8) is 0 Å². The number of nitrogens with zero attached hydrogens (tertiary/aromatic N) is 2. The second-order valence-electron chi connectivity index (χ2n) is 6.53. The fourth-order valence-corrected chi connectivity index (χ4v) is 2.60. The molecular weight excluding hydrogens is 212 g/mol. The van der Waals surface area contributed by atoms with Gasteiger partial charge in [-0.1, -0.05) is 27.7 Å². The molecule has 0 aliphatic heterocycles. The van der Waals surface area contributed by atoms with Gasteiger partial charge in [-0.25, -0.2) is 0 Å². The molecule has 17 heavy (non-hydrogen) atoms. The lowest BCUT2D eigenvalue weighted by Gasteiger charge is -2.05. The molecule has 0 atom stereocenters. The molecule has 0 radical (unpaired) electrons. The number of hydrogen-bond donors (Lipinski definition) is 0. The van der Waals surface area contributed by atoms with Crippen LogP contribution in [0.3, 0.4) is 0 Å². The molecule has 0 bridgehead atoms. The van der Waals surface area contributed by atoms with E-state index in [0.29, 0.717) is 22.8 Å². The first kappa shape index (κ1) is 12.5. The van der Waals surface area contributed by atoms with Gasteiger partial charge in [-0.15, -0.1) is 5.10 Å². The monoisotopic (exact) mass is 236 g/mol. The number of hydrogen-bond acceptors (Lipinski definition) is 2. The molecule has 1 aromatic heterocycles. The molecule has 1 aromatic rings. The van der Waals surface area contributed by atoms with Crippen molar-refractivity contribution in [2.45, 2.75) is 47.6 Å². The Kier molecular flexibility index (Phi) is 2.75. The molecule has 1 aliphatic rings. The van der Waals surface area contributed by atoms with E-state index in [1.54, 1.807) is 0 Å². The highest BCUT2D eigenvalue weighted by atomic mass is 16.5. The van der Waals surface area contributed by atoms with Crippen molar-refractivity contribution in [3.8, 4) is 5.88 Å². The highest BCUT2D eigenvalue weighted by molar-refractivity contribution is 5.14. The van der Waals surface area contributed by atoms with E-state index < -0.39 is 0 Å². The second kappa shape index (κ2) is 3.76. The van der Waals surface area contributed by atoms with Crippen LogP contribution in [0.25, 0.3) is 0 Å². The molecule has 3 heteroatoms. The molecule has 1 heterocycles. The van der Waals surface area contributed by atoms with Gasteiger partial charge in [0.2, 0.25) is 5.88 Å². The normalized spacial score (nSPS) is 21.8. The molecule has 0 amide bonds. The number of ether oxygens (including phenoxy) is 1. The van der Waals surface area contributed by atoms with Crippen LogP contribution in [0.4, 0.5) is 0 Å². The molecular formula is C14H24N2O. The van der Waals surface area contributed by atoms with Gasteiger partial charge in [-0.2, -0.15) is 0 Å². The average Bonchev–Trinajstić information content (AvgIpc) is 2.58. The Hall–Kier alpha value is -0.990. The zero-order valence-corrected chi connectivity index (χ0v) is 11.8. The van der Waals surface area contributed by atoms with Gasteiger partial charge >= 0.3 is 0 Å². The summed E-state index contributed by atoms with van der Waals surface area (Å²) < 4.78 is 7.73. The Morgan fingerprint density at radius 3 is 2.29 bits per heavy atom. The molecule has 0 N–H and O–H groups in total. The van der Waals surface area contributed by atoms with Crippen molar-refractivity contribution >= 4 is 0 Å². The number of rotatable bonds is 4. The lowest BCUT2D eigenvalue weighted by atomic mass is 10.0. The molecule has 96 valence electrons. The first-order valence-corrected chi connectivity index (χ1v) is 6.45. The van der Waals surface area contributed by atoms with Crippen LogP contribution < -0.4 is 4.74 Å². The maximum Gasteiger partial charge on any atom is 0.232 e. The zero-order chi connectivity index (χ0) is 12.8. The van der Waals surface area contributed by atoms with E-state index in [1.807, 2.05) is 16.9 Å². The van der Waals surface area contributed by atoms with Crippen LogP contribution in [0.1, 0.15) is 47.6 Å². The Labute approximate surface area is 104 Å². The van der Waals surface area contributed by atoms with Gasteiger partial charge in [0, 0.05) is 24.2 Å². The summed E-state index contributed by atoms with van der Waals surface area (Å²) in [5.74, 6) is 1.37. The van der Waals surface area contributed by atoms with Crippen LogP contribution in [-0.4, -0.2) is 16.4 Å². The van der Waals surface area contributed by atoms with Gasteiger partial charge < -0.3 is 4.74 Å². The summed E-state index contributed by atoms with van der Waals surface area (Å²) in [5, 5.41) is 4.40. The van der Waals surface area contributed by atoms with Gasteiger partial charge in [0.25, 0.3) is 0 Å². The van der Waals surface area contributed by atoms with Gasteiger partial charge in [-0.05, 0) is 24.7 Å². The maximum absolute atomic E-state index is 5.80. The summed E-state index contributed by atoms with van der Waals surface area (Å²) in [6.07, 6.45) is 1.98. The lowest BCUT2D eigenvalue weighted by molar-refractivity contribution is 0.259. The summed E-state index contributed by atoms with van der Waals surface area (Å²) in [6.45, 7) is 14.3. The minimum absolute atomic E-state index is 0.383. The summed E-state index contributed by atoms with van der Waals surface area (Å²) in [4.78, 5) is 0. The molecule has 0 aromatic carbocycles. The molecule has 0 unspecified atom stereocenters. The van der Waals surface area contributed by atoms with Crippen LogP contribution in [0.15, 0.2) is 12.3 Å². The van der Waals surface area contributed by atoms with Crippen molar-refractivity contribution in [1.29, 1.82) is 0 Å². The smallest absolute Gasteiger partial charge is 0.232 e. The van der Waals surface area contributed by atoms with E-state index in [9.17, 15) is 0 Å². The van der Waals surface area contributed by atoms with E-state index in [1.165, 1.54) is 0 Å². The predicted octanol–water partition coefficient (Wildman–Crippen LogP) is 3.53. The van der Waals surface area contributed by atoms with Crippen molar-refractivity contribution in [3.05, 3.63) is 12.3 Å². The minimum Gasteiger partial charge on any atom is -0.476 e. The highest BCUT2D eigenvalue weighted by Crippen LogP contribution is 2.68. The Morgan fingerprint density at radius 2 is 1.88 bits per heavy atom. The van der Waals surface area contributed by atoms with Crippen molar-refractivity contribution < 1.29 is 4.74 Å². The first-order valence-electron chi connectivity index (χ1n) is 6.45. The summed E-state index contributed by atoms with van der Waals surface area (Å²) in [7, 11) is 0. The summed E-state index contributed by atoms with van der Waals surface area (Å²) in [6, 6.07) is 2.34. The third-order valence-electron chi connectivity index (χ3n) is 4.83. The van der Waals surface area contributed by atoms with Crippen LogP contribution in [0.2, 0.25) is 0 Å². The Morgan fingerprint density at radius 1 is 1.29 bits per heavy atom. The SMILES string of the molecule is CC(C)n1ccc(OCC2C(C)(C)C2(C)C)n1. The fourth-order valence-electron chi connectivity index (χ4n) is 2.60. The van der Waals surface area contributed by atoms with E-state index in [4.69, 9.17) is 4.74 Å². The molecule has 2 rings (SSSR count). The fraction of sp³-hybridized carbons (Fsp3) is 0.786. The van der Waals surface area contributed by atoms with Crippen molar-refractivity contribution in [2.24, 2.45) is 16.7 Å². The standard InChI is InChI=1S/C14H24N2O/c1-10(2)16-8-7-12(15-16)17-9-11-13(3,4)14(11,5)6/h7-8,10-11H,9H2,1-6H3. The highest BCUT2D eigenvalue weighted by Gasteiger charge is 2.64. The lowest BCUT2D eigenvalue weighted by Crippen LogP contribution is -2.06. The molecule has 0 saturated heterocycles. The van der Waals surface area contributed by atoms with Crippen LogP contribution in [-0.2, 0) is 0 Å². The van der Waals surface area contributed by atoms with Crippen molar-refractivity contribution in [1.82, 2.24) is 9.78 Å². The first-order chi connectivity index (χ1) is 7.76. The summed E-state index contributed by atoms with van der Waals surface area (Å²) in [5.41, 5.74) is 0.765. The quantitative estimate of drug-likeness (QED) is 0.799. The zero-order valence-electron chi connectivity index (χ0n) is 11.8. The van der Waals surface area contributed by atoms with Gasteiger partial charge in [0.1, 0.15) is 0 Å². The number of aromatic nitrogens is 2. The van der Waals surface area contributed by atoms with Gasteiger partial charge in [-0.3, -0.25) is 4.68 Å². The third-order valence-corrected chi connectivity index (χ3v) is 4.83. The molecule has 1 fully saturated rings. The van der Waals surface area contributed by atoms with E-state index in [2.05, 4.69) is 46.6 Å². The largest absolute Gasteiger partial charge is 0.476 e. The minimum atomic E-state index is 0.383. The molecule has 1 aliphatic carbocycles. The van der Waals surface area contributed by atoms with E-state index in [-0.39, 0.29) is 0 Å². The van der Waals surface area contributed by atoms with E-state index in [0.717, 1.165) is 12.5 Å². The second-order valence-corrected chi connectivity index (χ2v) is 6.53. The van der Waals surface area contributed by atoms with Crippen LogP contribution in [0.5, 0.6) is 5.88 Å². The Bertz CT molecular complexity index is 390. The summed E-state index contributed by atoms with van der Waals surface area (Å²) >= 11 is 0. The van der Waals surface area contributed by atoms with Crippen LogP contribution >= 0.6 is 0 Å². The third kappa shape index (κ3) is 1.96. The molecule has 1 saturated carbocycles. The Balaban J connectivity index is 1.91. The maximum atomic E-state index is 5.80. The van der Waals surface area contributed by atoms with Gasteiger partial charge in [0.05, 0.1) is 6.61 Å². The molecule has 0 spiro atoms. The van der Waals surface area contributed by atoms with Crippen LogP contribution in [0, 0.1) is 16.7 Å².